The maximum atomic E-state index is 13.2. The highest BCUT2D eigenvalue weighted by atomic mass is 32.2. The molecule has 0 amide bonds. The lowest BCUT2D eigenvalue weighted by molar-refractivity contribution is 0.424. The number of hydrazone groups is 1. The second-order valence-corrected chi connectivity index (χ2v) is 11.3. The summed E-state index contributed by atoms with van der Waals surface area (Å²) in [5, 5.41) is 6.88. The number of sulfonamides is 1. The van der Waals surface area contributed by atoms with Crippen molar-refractivity contribution in [1.29, 1.82) is 0 Å². The van der Waals surface area contributed by atoms with Gasteiger partial charge in [0.15, 0.2) is 0 Å². The Morgan fingerprint density at radius 1 is 1.06 bits per heavy atom. The molecule has 2 aromatic carbocycles. The van der Waals surface area contributed by atoms with Crippen molar-refractivity contribution in [2.75, 3.05) is 36.5 Å². The average Bonchev–Trinajstić information content (AvgIpc) is 3.17. The van der Waals surface area contributed by atoms with Crippen molar-refractivity contribution in [2.45, 2.75) is 44.4 Å². The fourth-order valence-electron chi connectivity index (χ4n) is 4.23. The molecule has 186 valence electrons. The first-order valence-electron chi connectivity index (χ1n) is 12.2. The van der Waals surface area contributed by atoms with Gasteiger partial charge in [0.1, 0.15) is 0 Å². The van der Waals surface area contributed by atoms with Gasteiger partial charge in [-0.3, -0.25) is 5.43 Å². The van der Waals surface area contributed by atoms with Crippen LogP contribution in [0.15, 0.2) is 63.9 Å². The van der Waals surface area contributed by atoms with Crippen molar-refractivity contribution in [3.63, 3.8) is 0 Å². The summed E-state index contributed by atoms with van der Waals surface area (Å²) in [4.78, 5) is 7.22. The van der Waals surface area contributed by atoms with Crippen LogP contribution in [0.25, 0.3) is 11.3 Å². The second kappa shape index (κ2) is 11.8. The van der Waals surface area contributed by atoms with Crippen LogP contribution in [0.4, 0.5) is 10.8 Å². The molecule has 1 N–H and O–H groups in total. The van der Waals surface area contributed by atoms with Crippen molar-refractivity contribution < 1.29 is 8.42 Å². The molecule has 0 aliphatic carbocycles. The molecule has 0 bridgehead atoms. The number of anilines is 2. The van der Waals surface area contributed by atoms with Gasteiger partial charge in [-0.05, 0) is 56.5 Å². The molecule has 1 aromatic heterocycles. The van der Waals surface area contributed by atoms with Crippen LogP contribution in [0.1, 0.15) is 45.1 Å². The van der Waals surface area contributed by atoms with Crippen LogP contribution in [0, 0.1) is 0 Å². The number of thiazole rings is 1. The van der Waals surface area contributed by atoms with Crippen LogP contribution in [0.2, 0.25) is 0 Å². The van der Waals surface area contributed by atoms with Crippen molar-refractivity contribution in [2.24, 2.45) is 5.10 Å². The highest BCUT2D eigenvalue weighted by molar-refractivity contribution is 7.89. The van der Waals surface area contributed by atoms with Crippen LogP contribution >= 0.6 is 11.3 Å². The molecule has 1 aliphatic heterocycles. The lowest BCUT2D eigenvalue weighted by atomic mass is 10.2. The molecule has 2 heterocycles. The first-order valence-corrected chi connectivity index (χ1v) is 14.5. The van der Waals surface area contributed by atoms with E-state index >= 15 is 0 Å². The first kappa shape index (κ1) is 25.3. The molecule has 9 heteroatoms. The normalized spacial score (nSPS) is 15.3. The molecule has 0 radical (unpaired) electrons. The van der Waals surface area contributed by atoms with Gasteiger partial charge in [0.2, 0.25) is 15.2 Å². The molecule has 4 rings (SSSR count). The zero-order valence-electron chi connectivity index (χ0n) is 20.4. The third-order valence-electron chi connectivity index (χ3n) is 6.23. The van der Waals surface area contributed by atoms with Crippen LogP contribution < -0.4 is 10.3 Å². The minimum Gasteiger partial charge on any atom is -0.372 e. The molecular formula is C26H33N5O2S2. The Labute approximate surface area is 212 Å². The smallest absolute Gasteiger partial charge is 0.243 e. The number of nitrogens with zero attached hydrogens (tertiary/aromatic N) is 4. The number of hydrogen-bond acceptors (Lipinski definition) is 7. The van der Waals surface area contributed by atoms with Gasteiger partial charge in [0.25, 0.3) is 0 Å². The zero-order chi connectivity index (χ0) is 24.7. The van der Waals surface area contributed by atoms with E-state index in [-0.39, 0.29) is 0 Å². The van der Waals surface area contributed by atoms with Gasteiger partial charge in [-0.25, -0.2) is 13.4 Å². The fourth-order valence-corrected chi connectivity index (χ4v) is 6.46. The number of benzene rings is 2. The summed E-state index contributed by atoms with van der Waals surface area (Å²) in [5.74, 6) is 0. The van der Waals surface area contributed by atoms with Crippen molar-refractivity contribution in [3.8, 4) is 11.3 Å². The van der Waals surface area contributed by atoms with Crippen molar-refractivity contribution >= 4 is 38.4 Å². The minimum absolute atomic E-state index is 0.325. The topological polar surface area (TPSA) is 77.9 Å². The summed E-state index contributed by atoms with van der Waals surface area (Å²) in [6.07, 6.45) is 5.78. The van der Waals surface area contributed by atoms with E-state index in [1.165, 1.54) is 17.0 Å². The number of hydrogen-bond donors (Lipinski definition) is 1. The van der Waals surface area contributed by atoms with Gasteiger partial charge in [-0.1, -0.05) is 37.1 Å². The van der Waals surface area contributed by atoms with Gasteiger partial charge < -0.3 is 4.90 Å². The molecule has 3 aromatic rings. The highest BCUT2D eigenvalue weighted by Crippen LogP contribution is 2.28. The van der Waals surface area contributed by atoms with Crippen LogP contribution in [0.3, 0.4) is 0 Å². The third-order valence-corrected chi connectivity index (χ3v) is 8.87. The zero-order valence-corrected chi connectivity index (χ0v) is 22.0. The number of nitrogens with one attached hydrogen (secondary N) is 1. The number of rotatable bonds is 9. The summed E-state index contributed by atoms with van der Waals surface area (Å²) in [5.41, 5.74) is 6.69. The number of aromatic nitrogens is 1. The van der Waals surface area contributed by atoms with Gasteiger partial charge in [-0.15, -0.1) is 11.3 Å². The lowest BCUT2D eigenvalue weighted by Crippen LogP contribution is -2.31. The Morgan fingerprint density at radius 2 is 1.77 bits per heavy atom. The highest BCUT2D eigenvalue weighted by Gasteiger charge is 2.25. The maximum absolute atomic E-state index is 13.2. The largest absolute Gasteiger partial charge is 0.372 e. The van der Waals surface area contributed by atoms with Crippen LogP contribution in [-0.2, 0) is 10.0 Å². The Hall–Kier alpha value is -2.75. The Kier molecular flexibility index (Phi) is 8.54. The predicted octanol–water partition coefficient (Wildman–Crippen LogP) is 5.67. The monoisotopic (exact) mass is 511 g/mol. The molecule has 7 nitrogen and oxygen atoms in total. The summed E-state index contributed by atoms with van der Waals surface area (Å²) in [7, 11) is -3.50. The van der Waals surface area contributed by atoms with Gasteiger partial charge in [0.05, 0.1) is 16.8 Å². The van der Waals surface area contributed by atoms with E-state index in [4.69, 9.17) is 0 Å². The molecule has 0 unspecified atom stereocenters. The van der Waals surface area contributed by atoms with Crippen molar-refractivity contribution in [1.82, 2.24) is 9.29 Å². The third kappa shape index (κ3) is 6.28. The molecule has 1 aliphatic rings. The molecule has 0 atom stereocenters. The van der Waals surface area contributed by atoms with Crippen LogP contribution in [-0.4, -0.2) is 50.1 Å². The molecule has 0 spiro atoms. The SMILES string of the molecule is CCN(CC)c1ccc(C=NNc2nc(-c3cccc(S(=O)(=O)N4CCCCCC4)c3)cs2)cc1. The van der Waals surface area contributed by atoms with Gasteiger partial charge >= 0.3 is 0 Å². The average molecular weight is 512 g/mol. The van der Waals surface area contributed by atoms with E-state index in [1.807, 2.05) is 23.6 Å². The van der Waals surface area contributed by atoms with E-state index in [2.05, 4.69) is 46.4 Å². The molecule has 0 saturated carbocycles. The van der Waals surface area contributed by atoms with E-state index < -0.39 is 10.0 Å². The van der Waals surface area contributed by atoms with Gasteiger partial charge in [0, 0.05) is 42.8 Å². The molecular weight excluding hydrogens is 478 g/mol. The molecule has 1 fully saturated rings. The minimum atomic E-state index is -3.50. The maximum Gasteiger partial charge on any atom is 0.243 e. The quantitative estimate of drug-likeness (QED) is 0.296. The first-order chi connectivity index (χ1) is 17.0. The van der Waals surface area contributed by atoms with E-state index in [0.717, 1.165) is 55.6 Å². The van der Waals surface area contributed by atoms with E-state index in [0.29, 0.717) is 23.1 Å². The van der Waals surface area contributed by atoms with E-state index in [9.17, 15) is 8.42 Å². The molecule has 1 saturated heterocycles. The van der Waals surface area contributed by atoms with Gasteiger partial charge in [-0.2, -0.15) is 9.41 Å². The molecule has 35 heavy (non-hydrogen) atoms. The fraction of sp³-hybridized carbons (Fsp3) is 0.385. The standard InChI is InChI=1S/C26H33N5O2S2/c1-3-30(4-2)23-14-12-21(13-15-23)19-27-29-26-28-25(20-34-26)22-10-9-11-24(18-22)35(32,33)31-16-7-5-6-8-17-31/h9-15,18-20H,3-8,16-17H2,1-2H3,(H,28,29). The predicted molar refractivity (Wildman–Crippen MR) is 146 cm³/mol. The summed E-state index contributed by atoms with van der Waals surface area (Å²) in [6, 6.07) is 15.4. The summed E-state index contributed by atoms with van der Waals surface area (Å²) < 4.78 is 28.0. The van der Waals surface area contributed by atoms with Crippen LogP contribution in [0.5, 0.6) is 0 Å². The van der Waals surface area contributed by atoms with E-state index in [1.54, 1.807) is 28.7 Å². The lowest BCUT2D eigenvalue weighted by Gasteiger charge is -2.20. The Balaban J connectivity index is 1.42. The second-order valence-electron chi connectivity index (χ2n) is 8.52. The summed E-state index contributed by atoms with van der Waals surface area (Å²) >= 11 is 1.43. The Morgan fingerprint density at radius 3 is 2.46 bits per heavy atom. The summed E-state index contributed by atoms with van der Waals surface area (Å²) in [6.45, 7) is 7.43. The Bertz CT molecular complexity index is 1230. The van der Waals surface area contributed by atoms with Crippen molar-refractivity contribution in [3.05, 3.63) is 59.5 Å².